The van der Waals surface area contributed by atoms with Crippen molar-refractivity contribution in [3.8, 4) is 11.1 Å². The number of carbonyl (C=O) groups is 1. The molecule has 0 spiro atoms. The second-order valence-corrected chi connectivity index (χ2v) is 13.3. The molecular formula is C37H48FN3O2. The Morgan fingerprint density at radius 2 is 1.56 bits per heavy atom. The number of halogens is 1. The molecule has 3 aromatic rings. The molecule has 5 nitrogen and oxygen atoms in total. The summed E-state index contributed by atoms with van der Waals surface area (Å²) in [4.78, 5) is 15.0. The van der Waals surface area contributed by atoms with Crippen LogP contribution in [0.5, 0.6) is 0 Å². The number of carbonyl (C=O) groups excluding carboxylic acids is 1. The molecule has 1 heterocycles. The Labute approximate surface area is 256 Å². The lowest BCUT2D eigenvalue weighted by Crippen LogP contribution is -2.60. The first-order valence-corrected chi connectivity index (χ1v) is 16.0. The summed E-state index contributed by atoms with van der Waals surface area (Å²) < 4.78 is 14.6. The second kappa shape index (κ2) is 13.3. The zero-order chi connectivity index (χ0) is 30.5. The number of rotatable bonds is 14. The first-order valence-electron chi connectivity index (χ1n) is 16.0. The number of unbranched alkanes of at least 4 members (excludes halogenated alkanes) is 1. The van der Waals surface area contributed by atoms with Crippen LogP contribution < -0.4 is 10.6 Å². The molecule has 1 aliphatic heterocycles. The number of aliphatic hydroxyl groups is 1. The molecule has 1 amide bonds. The summed E-state index contributed by atoms with van der Waals surface area (Å²) in [6.45, 7) is 7.76. The molecule has 43 heavy (non-hydrogen) atoms. The highest BCUT2D eigenvalue weighted by Crippen LogP contribution is 2.55. The SMILES string of the molecule is CC(C)(F)CNC(C)(O)C1(CCCCN2CCC(NC(=O)CCCc3ccccc3)C2)c2ccccc2-c2ccccc21. The van der Waals surface area contributed by atoms with Crippen molar-refractivity contribution < 1.29 is 14.3 Å². The largest absolute Gasteiger partial charge is 0.375 e. The second-order valence-electron chi connectivity index (χ2n) is 13.3. The minimum absolute atomic E-state index is 0.0548. The topological polar surface area (TPSA) is 64.6 Å². The van der Waals surface area contributed by atoms with Gasteiger partial charge in [0.25, 0.3) is 0 Å². The number of amides is 1. The number of alkyl halides is 1. The van der Waals surface area contributed by atoms with Crippen molar-refractivity contribution in [2.45, 2.75) is 88.6 Å². The third-order valence-electron chi connectivity index (χ3n) is 9.37. The lowest BCUT2D eigenvalue weighted by Gasteiger charge is -2.46. The van der Waals surface area contributed by atoms with Gasteiger partial charge in [0.1, 0.15) is 11.4 Å². The number of likely N-dealkylation sites (tertiary alicyclic amines) is 1. The average molecular weight is 586 g/mol. The fourth-order valence-electron chi connectivity index (χ4n) is 7.17. The first kappa shape index (κ1) is 31.4. The molecule has 0 radical (unpaired) electrons. The van der Waals surface area contributed by atoms with Crippen molar-refractivity contribution in [1.82, 2.24) is 15.5 Å². The molecule has 2 atom stereocenters. The summed E-state index contributed by atoms with van der Waals surface area (Å²) in [5.74, 6) is 0.148. The smallest absolute Gasteiger partial charge is 0.220 e. The van der Waals surface area contributed by atoms with Crippen LogP contribution in [0.2, 0.25) is 0 Å². The Bertz CT molecular complexity index is 1320. The standard InChI is InChI=1S/C37H48FN3O2/c1-35(2,38)27-39-36(3,43)37(32-19-9-7-17-30(32)31-18-8-10-20-33(31)37)23-11-12-24-41-25-22-29(26-41)40-34(42)21-13-16-28-14-5-4-6-15-28/h4-10,14-15,17-20,29,39,43H,11-13,16,21-27H2,1-3H3,(H,40,42). The zero-order valence-corrected chi connectivity index (χ0v) is 26.0. The Morgan fingerprint density at radius 1 is 0.930 bits per heavy atom. The van der Waals surface area contributed by atoms with Crippen molar-refractivity contribution in [3.63, 3.8) is 0 Å². The van der Waals surface area contributed by atoms with E-state index >= 15 is 0 Å². The van der Waals surface area contributed by atoms with Crippen LogP contribution in [0, 0.1) is 0 Å². The number of hydrogen-bond donors (Lipinski definition) is 3. The van der Waals surface area contributed by atoms with E-state index < -0.39 is 16.8 Å². The van der Waals surface area contributed by atoms with Crippen LogP contribution >= 0.6 is 0 Å². The molecule has 6 heteroatoms. The van der Waals surface area contributed by atoms with Gasteiger partial charge in [0.15, 0.2) is 0 Å². The van der Waals surface area contributed by atoms with Gasteiger partial charge in [-0.2, -0.15) is 0 Å². The normalized spacial score (nSPS) is 19.0. The van der Waals surface area contributed by atoms with E-state index in [0.717, 1.165) is 80.4 Å². The quantitative estimate of drug-likeness (QED) is 0.152. The summed E-state index contributed by atoms with van der Waals surface area (Å²) in [7, 11) is 0. The van der Waals surface area contributed by atoms with Crippen molar-refractivity contribution in [3.05, 3.63) is 95.6 Å². The van der Waals surface area contributed by atoms with Crippen molar-refractivity contribution in [2.24, 2.45) is 0 Å². The molecule has 0 saturated carbocycles. The molecule has 1 fully saturated rings. The van der Waals surface area contributed by atoms with Crippen molar-refractivity contribution >= 4 is 5.91 Å². The number of hydrogen-bond acceptors (Lipinski definition) is 4. The van der Waals surface area contributed by atoms with Crippen LogP contribution in [0.1, 0.15) is 76.0 Å². The predicted octanol–water partition coefficient (Wildman–Crippen LogP) is 6.38. The fourth-order valence-corrected chi connectivity index (χ4v) is 7.17. The maximum absolute atomic E-state index is 14.6. The molecule has 1 aliphatic carbocycles. The average Bonchev–Trinajstić information content (AvgIpc) is 3.55. The van der Waals surface area contributed by atoms with Gasteiger partial charge in [-0.25, -0.2) is 4.39 Å². The zero-order valence-electron chi connectivity index (χ0n) is 26.0. The van der Waals surface area contributed by atoms with E-state index in [1.807, 2.05) is 49.4 Å². The van der Waals surface area contributed by atoms with Gasteiger partial charge in [-0.05, 0) is 87.2 Å². The minimum Gasteiger partial charge on any atom is -0.375 e. The summed E-state index contributed by atoms with van der Waals surface area (Å²) in [6.07, 6.45) is 5.96. The lowest BCUT2D eigenvalue weighted by atomic mass is 9.67. The van der Waals surface area contributed by atoms with Crippen LogP contribution in [-0.4, -0.2) is 59.5 Å². The van der Waals surface area contributed by atoms with Crippen LogP contribution in [0.4, 0.5) is 4.39 Å². The highest BCUT2D eigenvalue weighted by Gasteiger charge is 2.54. The van der Waals surface area contributed by atoms with Crippen LogP contribution in [-0.2, 0) is 16.6 Å². The van der Waals surface area contributed by atoms with E-state index in [2.05, 4.69) is 51.9 Å². The summed E-state index contributed by atoms with van der Waals surface area (Å²) >= 11 is 0. The lowest BCUT2D eigenvalue weighted by molar-refractivity contribution is -0.121. The van der Waals surface area contributed by atoms with E-state index in [-0.39, 0.29) is 18.5 Å². The number of fused-ring (bicyclic) bond motifs is 3. The van der Waals surface area contributed by atoms with E-state index in [1.54, 1.807) is 0 Å². The molecule has 3 aromatic carbocycles. The van der Waals surface area contributed by atoms with Gasteiger partial charge in [-0.3, -0.25) is 10.1 Å². The molecule has 0 bridgehead atoms. The van der Waals surface area contributed by atoms with Gasteiger partial charge in [0.2, 0.25) is 5.91 Å². The minimum atomic E-state index is -1.45. The van der Waals surface area contributed by atoms with Crippen molar-refractivity contribution in [2.75, 3.05) is 26.2 Å². The Balaban J connectivity index is 1.18. The number of nitrogens with zero attached hydrogens (tertiary/aromatic N) is 1. The van der Waals surface area contributed by atoms with Gasteiger partial charge >= 0.3 is 0 Å². The fraction of sp³-hybridized carbons (Fsp3) is 0.486. The number of benzene rings is 3. The van der Waals surface area contributed by atoms with E-state index in [4.69, 9.17) is 0 Å². The molecule has 5 rings (SSSR count). The van der Waals surface area contributed by atoms with Gasteiger partial charge < -0.3 is 15.3 Å². The third-order valence-corrected chi connectivity index (χ3v) is 9.37. The van der Waals surface area contributed by atoms with Crippen molar-refractivity contribution in [1.29, 1.82) is 0 Å². The molecule has 3 N–H and O–H groups in total. The number of nitrogens with one attached hydrogen (secondary N) is 2. The van der Waals surface area contributed by atoms with Gasteiger partial charge in [0, 0.05) is 32.1 Å². The highest BCUT2D eigenvalue weighted by atomic mass is 19.1. The summed E-state index contributed by atoms with van der Waals surface area (Å²) in [6, 6.07) is 27.2. The monoisotopic (exact) mass is 585 g/mol. The van der Waals surface area contributed by atoms with Gasteiger partial charge in [-0.15, -0.1) is 0 Å². The third kappa shape index (κ3) is 7.19. The Morgan fingerprint density at radius 3 is 2.21 bits per heavy atom. The molecule has 230 valence electrons. The van der Waals surface area contributed by atoms with E-state index in [9.17, 15) is 14.3 Å². The Kier molecular flexibility index (Phi) is 9.70. The first-order chi connectivity index (χ1) is 20.6. The van der Waals surface area contributed by atoms with Crippen LogP contribution in [0.3, 0.4) is 0 Å². The molecular weight excluding hydrogens is 537 g/mol. The summed E-state index contributed by atoms with van der Waals surface area (Å²) in [5.41, 5.74) is 2.24. The molecule has 2 unspecified atom stereocenters. The van der Waals surface area contributed by atoms with Crippen LogP contribution in [0.25, 0.3) is 11.1 Å². The maximum Gasteiger partial charge on any atom is 0.220 e. The van der Waals surface area contributed by atoms with Gasteiger partial charge in [-0.1, -0.05) is 85.3 Å². The Hall–Kier alpha value is -3.06. The van der Waals surface area contributed by atoms with Gasteiger partial charge in [0.05, 0.1) is 5.41 Å². The van der Waals surface area contributed by atoms with Crippen LogP contribution in [0.15, 0.2) is 78.9 Å². The molecule has 0 aromatic heterocycles. The van der Waals surface area contributed by atoms with E-state index in [0.29, 0.717) is 6.42 Å². The summed E-state index contributed by atoms with van der Waals surface area (Å²) in [5, 5.41) is 18.6. The maximum atomic E-state index is 14.6. The number of aryl methyl sites for hydroxylation is 1. The molecule has 1 saturated heterocycles. The molecule has 2 aliphatic rings. The van der Waals surface area contributed by atoms with E-state index in [1.165, 1.54) is 19.4 Å². The predicted molar refractivity (Wildman–Crippen MR) is 173 cm³/mol. The highest BCUT2D eigenvalue weighted by molar-refractivity contribution is 5.81.